The van der Waals surface area contributed by atoms with Crippen LogP contribution in [0.1, 0.15) is 12.7 Å². The molecule has 1 N–H and O–H groups in total. The van der Waals surface area contributed by atoms with Crippen LogP contribution in [0, 0.1) is 5.82 Å². The number of likely N-dealkylation sites (N-methyl/N-ethyl adjacent to an activating group) is 1. The van der Waals surface area contributed by atoms with Crippen LogP contribution in [0.2, 0.25) is 0 Å². The average Bonchev–Trinajstić information content (AvgIpc) is 2.81. The van der Waals surface area contributed by atoms with Crippen molar-refractivity contribution in [2.45, 2.75) is 13.5 Å². The van der Waals surface area contributed by atoms with Crippen molar-refractivity contribution in [3.63, 3.8) is 0 Å². The van der Waals surface area contributed by atoms with Crippen LogP contribution < -0.4 is 0 Å². The number of hydrogen-bond acceptors (Lipinski definition) is 3. The molecule has 0 saturated carbocycles. The zero-order valence-electron chi connectivity index (χ0n) is 11.2. The number of nitrogens with zero attached hydrogens (tertiary/aromatic N) is 3. The van der Waals surface area contributed by atoms with E-state index in [0.29, 0.717) is 0 Å². The Morgan fingerprint density at radius 1 is 1.21 bits per heavy atom. The molecule has 5 heteroatoms. The predicted molar refractivity (Wildman–Crippen MR) is 73.4 cm³/mol. The Bertz CT molecular complexity index is 558. The van der Waals surface area contributed by atoms with Crippen molar-refractivity contribution >= 4 is 11.0 Å². The van der Waals surface area contributed by atoms with Gasteiger partial charge in [0.05, 0.1) is 17.6 Å². The van der Waals surface area contributed by atoms with Crippen LogP contribution in [0.15, 0.2) is 18.2 Å². The molecule has 0 spiro atoms. The highest BCUT2D eigenvalue weighted by Crippen LogP contribution is 2.14. The second-order valence-corrected chi connectivity index (χ2v) is 5.06. The summed E-state index contributed by atoms with van der Waals surface area (Å²) in [4.78, 5) is 12.6. The molecule has 3 rings (SSSR count). The molecule has 0 aliphatic carbocycles. The van der Waals surface area contributed by atoms with Gasteiger partial charge in [-0.3, -0.25) is 4.90 Å². The van der Waals surface area contributed by atoms with Crippen molar-refractivity contribution in [1.82, 2.24) is 19.8 Å². The van der Waals surface area contributed by atoms with E-state index < -0.39 is 0 Å². The van der Waals surface area contributed by atoms with Gasteiger partial charge < -0.3 is 9.88 Å². The summed E-state index contributed by atoms with van der Waals surface area (Å²) in [6.07, 6.45) is 0. The molecule has 1 fully saturated rings. The number of nitrogens with one attached hydrogen (secondary N) is 1. The van der Waals surface area contributed by atoms with E-state index in [4.69, 9.17) is 0 Å². The third-order valence-electron chi connectivity index (χ3n) is 3.78. The number of imidazole rings is 1. The highest BCUT2D eigenvalue weighted by Gasteiger charge is 2.16. The molecule has 19 heavy (non-hydrogen) atoms. The molecule has 1 aliphatic heterocycles. The molecule has 4 nitrogen and oxygen atoms in total. The van der Waals surface area contributed by atoms with E-state index in [1.807, 2.05) is 0 Å². The highest BCUT2D eigenvalue weighted by molar-refractivity contribution is 5.74. The Morgan fingerprint density at radius 3 is 2.68 bits per heavy atom. The second kappa shape index (κ2) is 5.27. The van der Waals surface area contributed by atoms with Gasteiger partial charge in [0.1, 0.15) is 11.6 Å². The topological polar surface area (TPSA) is 35.2 Å². The van der Waals surface area contributed by atoms with Crippen molar-refractivity contribution in [2.24, 2.45) is 0 Å². The fraction of sp³-hybridized carbons (Fsp3) is 0.500. The van der Waals surface area contributed by atoms with Crippen LogP contribution in [0.4, 0.5) is 4.39 Å². The lowest BCUT2D eigenvalue weighted by molar-refractivity contribution is 0.130. The zero-order chi connectivity index (χ0) is 13.2. The summed E-state index contributed by atoms with van der Waals surface area (Å²) >= 11 is 0. The molecule has 1 saturated heterocycles. The van der Waals surface area contributed by atoms with Crippen molar-refractivity contribution in [3.8, 4) is 0 Å². The quantitative estimate of drug-likeness (QED) is 0.916. The fourth-order valence-corrected chi connectivity index (χ4v) is 2.58. The van der Waals surface area contributed by atoms with E-state index in [1.54, 1.807) is 6.07 Å². The van der Waals surface area contributed by atoms with Crippen LogP contribution >= 0.6 is 0 Å². The van der Waals surface area contributed by atoms with E-state index >= 15 is 0 Å². The summed E-state index contributed by atoms with van der Waals surface area (Å²) in [5, 5.41) is 0. The number of fused-ring (bicyclic) bond motifs is 1. The molecular formula is C14H19FN4. The first-order valence-electron chi connectivity index (χ1n) is 6.83. The minimum atomic E-state index is -0.223. The summed E-state index contributed by atoms with van der Waals surface area (Å²) in [7, 11) is 0. The van der Waals surface area contributed by atoms with E-state index in [0.717, 1.165) is 56.1 Å². The maximum atomic E-state index is 13.1. The van der Waals surface area contributed by atoms with Gasteiger partial charge in [-0.05, 0) is 24.7 Å². The SMILES string of the molecule is CCN1CCN(Cc2nc3ccc(F)cc3[nH]2)CC1. The van der Waals surface area contributed by atoms with Gasteiger partial charge in [-0.15, -0.1) is 0 Å². The van der Waals surface area contributed by atoms with Crippen LogP contribution in [-0.4, -0.2) is 52.5 Å². The van der Waals surface area contributed by atoms with Crippen LogP contribution in [0.5, 0.6) is 0 Å². The molecule has 0 amide bonds. The predicted octanol–water partition coefficient (Wildman–Crippen LogP) is 1.84. The number of rotatable bonds is 3. The van der Waals surface area contributed by atoms with Gasteiger partial charge in [-0.25, -0.2) is 9.37 Å². The number of aromatic amines is 1. The number of piperazine rings is 1. The summed E-state index contributed by atoms with van der Waals surface area (Å²) in [5.41, 5.74) is 1.62. The molecule has 102 valence electrons. The first-order chi connectivity index (χ1) is 9.24. The maximum absolute atomic E-state index is 13.1. The number of halogens is 1. The molecular weight excluding hydrogens is 243 g/mol. The summed E-state index contributed by atoms with van der Waals surface area (Å²) in [6.45, 7) is 8.50. The summed E-state index contributed by atoms with van der Waals surface area (Å²) < 4.78 is 13.1. The molecule has 0 radical (unpaired) electrons. The Hall–Kier alpha value is -1.46. The number of aromatic nitrogens is 2. The van der Waals surface area contributed by atoms with E-state index in [1.165, 1.54) is 12.1 Å². The first kappa shape index (κ1) is 12.6. The van der Waals surface area contributed by atoms with E-state index in [9.17, 15) is 4.39 Å². The van der Waals surface area contributed by atoms with Crippen molar-refractivity contribution in [2.75, 3.05) is 32.7 Å². The molecule has 0 unspecified atom stereocenters. The van der Waals surface area contributed by atoms with Gasteiger partial charge in [-0.1, -0.05) is 6.92 Å². The Balaban J connectivity index is 1.68. The van der Waals surface area contributed by atoms with Crippen molar-refractivity contribution in [1.29, 1.82) is 0 Å². The van der Waals surface area contributed by atoms with Crippen LogP contribution in [-0.2, 0) is 6.54 Å². The third-order valence-corrected chi connectivity index (χ3v) is 3.78. The molecule has 1 aliphatic rings. The Kier molecular flexibility index (Phi) is 3.48. The van der Waals surface area contributed by atoms with Gasteiger partial charge in [0.25, 0.3) is 0 Å². The largest absolute Gasteiger partial charge is 0.341 e. The molecule has 2 aromatic rings. The van der Waals surface area contributed by atoms with Gasteiger partial charge in [0.15, 0.2) is 0 Å². The molecule has 0 atom stereocenters. The Morgan fingerprint density at radius 2 is 1.95 bits per heavy atom. The highest BCUT2D eigenvalue weighted by atomic mass is 19.1. The zero-order valence-corrected chi connectivity index (χ0v) is 11.2. The Labute approximate surface area is 112 Å². The third kappa shape index (κ3) is 2.77. The van der Waals surface area contributed by atoms with E-state index in [2.05, 4.69) is 26.7 Å². The molecule has 2 heterocycles. The second-order valence-electron chi connectivity index (χ2n) is 5.06. The van der Waals surface area contributed by atoms with Crippen molar-refractivity contribution in [3.05, 3.63) is 29.8 Å². The smallest absolute Gasteiger partial charge is 0.125 e. The van der Waals surface area contributed by atoms with E-state index in [-0.39, 0.29) is 5.82 Å². The lowest BCUT2D eigenvalue weighted by Gasteiger charge is -2.33. The number of H-pyrrole nitrogens is 1. The molecule has 0 bridgehead atoms. The lowest BCUT2D eigenvalue weighted by Crippen LogP contribution is -2.45. The normalized spacial score (nSPS) is 18.2. The van der Waals surface area contributed by atoms with Crippen LogP contribution in [0.25, 0.3) is 11.0 Å². The minimum absolute atomic E-state index is 0.223. The number of hydrogen-bond donors (Lipinski definition) is 1. The summed E-state index contributed by atoms with van der Waals surface area (Å²) in [5.74, 6) is 0.699. The van der Waals surface area contributed by atoms with Gasteiger partial charge in [0, 0.05) is 26.2 Å². The summed E-state index contributed by atoms with van der Waals surface area (Å²) in [6, 6.07) is 4.67. The minimum Gasteiger partial charge on any atom is -0.341 e. The molecule has 1 aromatic heterocycles. The standard InChI is InChI=1S/C14H19FN4/c1-2-18-5-7-19(8-6-18)10-14-16-12-4-3-11(15)9-13(12)17-14/h3-4,9H,2,5-8,10H2,1H3,(H,16,17). The maximum Gasteiger partial charge on any atom is 0.125 e. The lowest BCUT2D eigenvalue weighted by atomic mass is 10.3. The molecule has 1 aromatic carbocycles. The number of benzene rings is 1. The first-order valence-corrected chi connectivity index (χ1v) is 6.83. The van der Waals surface area contributed by atoms with Crippen molar-refractivity contribution < 1.29 is 4.39 Å². The fourth-order valence-electron chi connectivity index (χ4n) is 2.58. The van der Waals surface area contributed by atoms with Gasteiger partial charge >= 0.3 is 0 Å². The van der Waals surface area contributed by atoms with Gasteiger partial charge in [-0.2, -0.15) is 0 Å². The monoisotopic (exact) mass is 262 g/mol. The van der Waals surface area contributed by atoms with Gasteiger partial charge in [0.2, 0.25) is 0 Å². The van der Waals surface area contributed by atoms with Crippen LogP contribution in [0.3, 0.4) is 0 Å². The average molecular weight is 262 g/mol.